The molecule has 0 radical (unpaired) electrons. The Morgan fingerprint density at radius 3 is 2.50 bits per heavy atom. The quantitative estimate of drug-likeness (QED) is 0.151. The Labute approximate surface area is 280 Å². The van der Waals surface area contributed by atoms with Crippen molar-refractivity contribution in [2.45, 2.75) is 86.5 Å². The first-order chi connectivity index (χ1) is 23.2. The maximum atomic E-state index is 12.4. The summed E-state index contributed by atoms with van der Waals surface area (Å²) in [6.45, 7) is 11.5. The van der Waals surface area contributed by atoms with Gasteiger partial charge in [0.25, 0.3) is 0 Å². The third kappa shape index (κ3) is 6.14. The van der Waals surface area contributed by atoms with Gasteiger partial charge in [0.1, 0.15) is 11.6 Å². The summed E-state index contributed by atoms with van der Waals surface area (Å²) in [6, 6.07) is 21.2. The van der Waals surface area contributed by atoms with E-state index in [2.05, 4.69) is 87.2 Å². The van der Waals surface area contributed by atoms with Crippen molar-refractivity contribution in [1.29, 1.82) is 0 Å². The van der Waals surface area contributed by atoms with Crippen LogP contribution >= 0.6 is 0 Å². The number of benzene rings is 3. The fourth-order valence-electron chi connectivity index (χ4n) is 6.45. The van der Waals surface area contributed by atoms with Crippen molar-refractivity contribution in [3.63, 3.8) is 0 Å². The Morgan fingerprint density at radius 2 is 1.75 bits per heavy atom. The van der Waals surface area contributed by atoms with E-state index in [1.54, 1.807) is 0 Å². The van der Waals surface area contributed by atoms with E-state index in [1.807, 2.05) is 39.0 Å². The Balaban J connectivity index is 1.18. The summed E-state index contributed by atoms with van der Waals surface area (Å²) in [5, 5.41) is 12.3. The summed E-state index contributed by atoms with van der Waals surface area (Å²) in [5.74, 6) is 2.52. The van der Waals surface area contributed by atoms with Crippen molar-refractivity contribution >= 4 is 17.0 Å². The molecular formula is C38H42N8O2. The maximum Gasteiger partial charge on any atom is 0.313 e. The van der Waals surface area contributed by atoms with Crippen LogP contribution in [0.5, 0.6) is 0 Å². The number of aromatic nitrogens is 8. The second-order valence-corrected chi connectivity index (χ2v) is 13.8. The van der Waals surface area contributed by atoms with Gasteiger partial charge in [0, 0.05) is 43.3 Å². The minimum absolute atomic E-state index is 0.0606. The Hall–Kier alpha value is -5.12. The molecule has 0 unspecified atom stereocenters. The van der Waals surface area contributed by atoms with Gasteiger partial charge in [-0.3, -0.25) is 4.79 Å². The third-order valence-electron chi connectivity index (χ3n) is 9.04. The number of hydrogen-bond donors (Lipinski definition) is 0. The van der Waals surface area contributed by atoms with Gasteiger partial charge >= 0.3 is 5.97 Å². The largest absolute Gasteiger partial charge is 0.442 e. The molecule has 0 bridgehead atoms. The van der Waals surface area contributed by atoms with E-state index in [-0.39, 0.29) is 12.7 Å². The SMILES string of the molecule is CCCc1nc2c(C)cc(-c3cn4c(n3)CCCC4)cc2n1Cc1ccc(-c2ccccc2-c2nnnn2COC(=O)C(C)(C)C)cc1. The summed E-state index contributed by atoms with van der Waals surface area (Å²) in [5.41, 5.74) is 9.03. The molecular weight excluding hydrogens is 600 g/mol. The molecule has 3 aromatic carbocycles. The minimum atomic E-state index is -0.616. The molecule has 0 atom stereocenters. The van der Waals surface area contributed by atoms with Crippen molar-refractivity contribution in [2.24, 2.45) is 5.41 Å². The van der Waals surface area contributed by atoms with Crippen LogP contribution in [0.1, 0.15) is 69.7 Å². The predicted octanol–water partition coefficient (Wildman–Crippen LogP) is 7.41. The predicted molar refractivity (Wildman–Crippen MR) is 186 cm³/mol. The molecule has 246 valence electrons. The van der Waals surface area contributed by atoms with Crippen LogP contribution in [0.2, 0.25) is 0 Å². The van der Waals surface area contributed by atoms with Crippen molar-refractivity contribution < 1.29 is 9.53 Å². The van der Waals surface area contributed by atoms with Crippen LogP contribution in [-0.2, 0) is 42.2 Å². The van der Waals surface area contributed by atoms with Crippen molar-refractivity contribution in [3.05, 3.63) is 89.6 Å². The third-order valence-corrected chi connectivity index (χ3v) is 9.04. The van der Waals surface area contributed by atoms with Gasteiger partial charge in [-0.05, 0) is 91.8 Å². The van der Waals surface area contributed by atoms with E-state index >= 15 is 0 Å². The van der Waals surface area contributed by atoms with Crippen molar-refractivity contribution in [1.82, 2.24) is 39.3 Å². The van der Waals surface area contributed by atoms with Crippen molar-refractivity contribution in [2.75, 3.05) is 0 Å². The smallest absolute Gasteiger partial charge is 0.313 e. The molecule has 4 heterocycles. The van der Waals surface area contributed by atoms with E-state index in [9.17, 15) is 4.79 Å². The van der Waals surface area contributed by atoms with Gasteiger partial charge in [0.15, 0.2) is 12.6 Å². The number of ether oxygens (including phenoxy) is 1. The van der Waals surface area contributed by atoms with Gasteiger partial charge in [0.2, 0.25) is 0 Å². The first kappa shape index (κ1) is 31.5. The van der Waals surface area contributed by atoms with E-state index in [4.69, 9.17) is 14.7 Å². The number of rotatable bonds is 9. The van der Waals surface area contributed by atoms with E-state index < -0.39 is 5.41 Å². The van der Waals surface area contributed by atoms with Crippen LogP contribution in [0.3, 0.4) is 0 Å². The molecule has 7 rings (SSSR count). The van der Waals surface area contributed by atoms with Gasteiger partial charge < -0.3 is 13.9 Å². The molecule has 0 N–H and O–H groups in total. The fourth-order valence-corrected chi connectivity index (χ4v) is 6.45. The van der Waals surface area contributed by atoms with E-state index in [0.29, 0.717) is 12.4 Å². The molecule has 0 saturated heterocycles. The van der Waals surface area contributed by atoms with Gasteiger partial charge in [0.05, 0.1) is 22.1 Å². The molecule has 0 aliphatic carbocycles. The monoisotopic (exact) mass is 642 g/mol. The average molecular weight is 643 g/mol. The average Bonchev–Trinajstić information content (AvgIpc) is 3.82. The van der Waals surface area contributed by atoms with Crippen LogP contribution in [0.15, 0.2) is 66.9 Å². The van der Waals surface area contributed by atoms with Gasteiger partial charge in [-0.1, -0.05) is 55.5 Å². The Kier molecular flexibility index (Phi) is 8.41. The summed E-state index contributed by atoms with van der Waals surface area (Å²) in [7, 11) is 0. The van der Waals surface area contributed by atoms with Crippen LogP contribution in [0.25, 0.3) is 44.8 Å². The molecule has 1 aliphatic rings. The molecule has 0 spiro atoms. The van der Waals surface area contributed by atoms with Crippen LogP contribution in [-0.4, -0.2) is 45.3 Å². The number of esters is 1. The fraction of sp³-hybridized carbons (Fsp3) is 0.368. The van der Waals surface area contributed by atoms with Crippen LogP contribution < -0.4 is 0 Å². The number of fused-ring (bicyclic) bond motifs is 2. The number of nitrogens with zero attached hydrogens (tertiary/aromatic N) is 8. The molecule has 3 aromatic heterocycles. The lowest BCUT2D eigenvalue weighted by atomic mass is 9.97. The standard InChI is InChI=1S/C38H42N8O2/c1-6-11-34-40-35-25(2)20-28(31-23-44-19-10-9-14-33(44)39-31)21-32(35)45(34)22-26-15-17-27(18-16-26)29-12-7-8-13-30(29)36-41-42-43-46(36)24-48-37(47)38(3,4)5/h7-8,12-13,15-18,20-21,23H,6,9-11,14,19,22,24H2,1-5H3. The number of aryl methyl sites for hydroxylation is 4. The highest BCUT2D eigenvalue weighted by Gasteiger charge is 2.24. The zero-order valence-corrected chi connectivity index (χ0v) is 28.4. The lowest BCUT2D eigenvalue weighted by molar-refractivity contribution is -0.157. The second kappa shape index (κ2) is 12.8. The Bertz CT molecular complexity index is 2070. The van der Waals surface area contributed by atoms with E-state index in [1.165, 1.54) is 34.5 Å². The van der Waals surface area contributed by atoms with E-state index in [0.717, 1.165) is 70.6 Å². The van der Waals surface area contributed by atoms with Crippen LogP contribution in [0.4, 0.5) is 0 Å². The number of carbonyl (C=O) groups excluding carboxylic acids is 1. The Morgan fingerprint density at radius 1 is 0.958 bits per heavy atom. The summed E-state index contributed by atoms with van der Waals surface area (Å²) in [4.78, 5) is 22.6. The number of carbonyl (C=O) groups is 1. The van der Waals surface area contributed by atoms with Gasteiger partial charge in [-0.15, -0.1) is 5.10 Å². The van der Waals surface area contributed by atoms with Crippen molar-refractivity contribution in [3.8, 4) is 33.8 Å². The molecule has 1 aliphatic heterocycles. The highest BCUT2D eigenvalue weighted by atomic mass is 16.5. The molecule has 0 fully saturated rings. The highest BCUT2D eigenvalue weighted by Crippen LogP contribution is 2.33. The second-order valence-electron chi connectivity index (χ2n) is 13.8. The zero-order chi connectivity index (χ0) is 33.4. The molecule has 10 nitrogen and oxygen atoms in total. The normalized spacial score (nSPS) is 13.2. The number of hydrogen-bond acceptors (Lipinski definition) is 7. The number of imidazole rings is 2. The summed E-state index contributed by atoms with van der Waals surface area (Å²) >= 11 is 0. The first-order valence-electron chi connectivity index (χ1n) is 16.9. The molecule has 0 amide bonds. The lowest BCUT2D eigenvalue weighted by Gasteiger charge is -2.17. The topological polar surface area (TPSA) is 106 Å². The maximum absolute atomic E-state index is 12.4. The molecule has 0 saturated carbocycles. The highest BCUT2D eigenvalue weighted by molar-refractivity contribution is 5.85. The summed E-state index contributed by atoms with van der Waals surface area (Å²) < 4.78 is 11.7. The lowest BCUT2D eigenvalue weighted by Crippen LogP contribution is -2.24. The molecule has 48 heavy (non-hydrogen) atoms. The summed E-state index contributed by atoms with van der Waals surface area (Å²) in [6.07, 6.45) is 7.62. The molecule has 6 aromatic rings. The first-order valence-corrected chi connectivity index (χ1v) is 16.9. The van der Waals surface area contributed by atoms with Gasteiger partial charge in [-0.25, -0.2) is 9.97 Å². The minimum Gasteiger partial charge on any atom is -0.442 e. The van der Waals surface area contributed by atoms with Crippen LogP contribution in [0, 0.1) is 12.3 Å². The number of tetrazole rings is 1. The van der Waals surface area contributed by atoms with Gasteiger partial charge in [-0.2, -0.15) is 4.68 Å². The molecule has 10 heteroatoms. The zero-order valence-electron chi connectivity index (χ0n) is 28.4.